The predicted molar refractivity (Wildman–Crippen MR) is 156 cm³/mol. The molecule has 0 spiro atoms. The summed E-state index contributed by atoms with van der Waals surface area (Å²) in [6, 6.07) is 20.2. The van der Waals surface area contributed by atoms with E-state index in [0.717, 1.165) is 29.8 Å². The Morgan fingerprint density at radius 1 is 0.950 bits per heavy atom. The number of aliphatic hydroxyl groups excluding tert-OH is 1. The molecule has 1 atom stereocenters. The Hall–Kier alpha value is -4.10. The highest BCUT2D eigenvalue weighted by Gasteiger charge is 2.46. The zero-order valence-corrected chi connectivity index (χ0v) is 23.9. The molecule has 0 aliphatic carbocycles. The number of hydrogen-bond donors (Lipinski definition) is 1. The van der Waals surface area contributed by atoms with E-state index in [1.165, 1.54) is 0 Å². The van der Waals surface area contributed by atoms with Crippen LogP contribution < -0.4 is 9.47 Å². The molecule has 1 saturated heterocycles. The first-order chi connectivity index (χ1) is 19.3. The Labute approximate surface area is 236 Å². The zero-order chi connectivity index (χ0) is 28.8. The van der Waals surface area contributed by atoms with Gasteiger partial charge in [0.05, 0.1) is 18.7 Å². The van der Waals surface area contributed by atoms with Gasteiger partial charge in [0.1, 0.15) is 12.4 Å². The highest BCUT2D eigenvalue weighted by Crippen LogP contribution is 2.42. The lowest BCUT2D eigenvalue weighted by atomic mass is 9.93. The van der Waals surface area contributed by atoms with Crippen molar-refractivity contribution in [1.82, 2.24) is 9.80 Å². The van der Waals surface area contributed by atoms with Gasteiger partial charge in [0, 0.05) is 18.7 Å². The maximum atomic E-state index is 13.5. The Balaban J connectivity index is 1.78. The fourth-order valence-electron chi connectivity index (χ4n) is 5.09. The van der Waals surface area contributed by atoms with E-state index in [4.69, 9.17) is 9.47 Å². The third kappa shape index (κ3) is 6.05. The van der Waals surface area contributed by atoms with Gasteiger partial charge in [-0.25, -0.2) is 0 Å². The smallest absolute Gasteiger partial charge is 0.295 e. The number of carbonyl (C=O) groups is 2. The van der Waals surface area contributed by atoms with Gasteiger partial charge < -0.3 is 24.4 Å². The zero-order valence-electron chi connectivity index (χ0n) is 23.9. The van der Waals surface area contributed by atoms with Crippen molar-refractivity contribution in [3.05, 3.63) is 100 Å². The van der Waals surface area contributed by atoms with Gasteiger partial charge in [-0.15, -0.1) is 0 Å². The molecule has 1 unspecified atom stereocenters. The van der Waals surface area contributed by atoms with Crippen LogP contribution in [0, 0.1) is 13.8 Å². The van der Waals surface area contributed by atoms with Crippen LogP contribution in [0.5, 0.6) is 11.5 Å². The second-order valence-electron chi connectivity index (χ2n) is 10.0. The summed E-state index contributed by atoms with van der Waals surface area (Å²) in [6.45, 7) is 10.9. The Bertz CT molecular complexity index is 1400. The van der Waals surface area contributed by atoms with Crippen molar-refractivity contribution in [2.24, 2.45) is 0 Å². The second-order valence-corrected chi connectivity index (χ2v) is 10.0. The molecule has 0 radical (unpaired) electrons. The number of benzene rings is 3. The van der Waals surface area contributed by atoms with Crippen LogP contribution in [0.1, 0.15) is 47.7 Å². The van der Waals surface area contributed by atoms with E-state index >= 15 is 0 Å². The van der Waals surface area contributed by atoms with Gasteiger partial charge in [-0.1, -0.05) is 67.9 Å². The summed E-state index contributed by atoms with van der Waals surface area (Å²) in [6.07, 6.45) is 0. The minimum atomic E-state index is -0.771. The summed E-state index contributed by atoms with van der Waals surface area (Å²) in [5, 5.41) is 11.5. The summed E-state index contributed by atoms with van der Waals surface area (Å²) in [4.78, 5) is 30.7. The van der Waals surface area contributed by atoms with Gasteiger partial charge in [-0.3, -0.25) is 9.59 Å². The van der Waals surface area contributed by atoms with Crippen LogP contribution in [0.4, 0.5) is 0 Å². The van der Waals surface area contributed by atoms with E-state index in [0.29, 0.717) is 42.3 Å². The number of rotatable bonds is 11. The highest BCUT2D eigenvalue weighted by atomic mass is 16.5. The van der Waals surface area contributed by atoms with Gasteiger partial charge in [-0.05, 0) is 61.8 Å². The van der Waals surface area contributed by atoms with Crippen molar-refractivity contribution < 1.29 is 24.2 Å². The molecule has 1 aliphatic rings. The number of carbonyl (C=O) groups excluding carboxylic acids is 2. The summed E-state index contributed by atoms with van der Waals surface area (Å²) in [5.41, 5.74) is 4.07. The molecule has 1 amide bonds. The summed E-state index contributed by atoms with van der Waals surface area (Å²) in [5.74, 6) is -0.448. The second kappa shape index (κ2) is 12.8. The number of ketones is 1. The first-order valence-electron chi connectivity index (χ1n) is 13.7. The number of Topliss-reactive ketones (excluding diaryl/α,β-unsaturated/α-hetero) is 1. The Morgan fingerprint density at radius 3 is 2.35 bits per heavy atom. The molecular formula is C33H38N2O5. The number of hydrogen-bond acceptors (Lipinski definition) is 6. The van der Waals surface area contributed by atoms with Crippen molar-refractivity contribution in [1.29, 1.82) is 0 Å². The predicted octanol–water partition coefficient (Wildman–Crippen LogP) is 5.65. The number of aliphatic hydroxyl groups is 1. The molecule has 7 nitrogen and oxygen atoms in total. The number of likely N-dealkylation sites (N-methyl/N-ethyl adjacent to an activating group) is 1. The first kappa shape index (κ1) is 28.9. The number of likely N-dealkylation sites (tertiary alicyclic amines) is 1. The molecule has 1 heterocycles. The number of ether oxygens (including phenoxy) is 2. The van der Waals surface area contributed by atoms with Crippen molar-refractivity contribution in [3.8, 4) is 11.5 Å². The molecule has 0 aromatic heterocycles. The monoisotopic (exact) mass is 542 g/mol. The van der Waals surface area contributed by atoms with Crippen molar-refractivity contribution >= 4 is 17.4 Å². The minimum Gasteiger partial charge on any atom is -0.507 e. The van der Waals surface area contributed by atoms with Gasteiger partial charge in [0.15, 0.2) is 11.5 Å². The summed E-state index contributed by atoms with van der Waals surface area (Å²) < 4.78 is 11.7. The topological polar surface area (TPSA) is 79.3 Å². The molecule has 3 aromatic carbocycles. The summed E-state index contributed by atoms with van der Waals surface area (Å²) in [7, 11) is 1.56. The van der Waals surface area contributed by atoms with E-state index in [2.05, 4.69) is 18.7 Å². The molecule has 7 heteroatoms. The fourth-order valence-corrected chi connectivity index (χ4v) is 5.09. The lowest BCUT2D eigenvalue weighted by molar-refractivity contribution is -0.140. The lowest BCUT2D eigenvalue weighted by Gasteiger charge is -2.28. The lowest BCUT2D eigenvalue weighted by Crippen LogP contribution is -2.38. The van der Waals surface area contributed by atoms with E-state index in [1.54, 1.807) is 24.1 Å². The number of amides is 1. The molecule has 0 bridgehead atoms. The van der Waals surface area contributed by atoms with E-state index < -0.39 is 17.7 Å². The molecule has 1 N–H and O–H groups in total. The maximum Gasteiger partial charge on any atom is 0.295 e. The largest absolute Gasteiger partial charge is 0.507 e. The van der Waals surface area contributed by atoms with Gasteiger partial charge in [0.2, 0.25) is 0 Å². The molecule has 4 rings (SSSR count). The third-order valence-electron chi connectivity index (χ3n) is 7.48. The maximum absolute atomic E-state index is 13.5. The molecule has 1 aliphatic heterocycles. The SMILES string of the molecule is CCN(CC)CCN1C(=O)C(=O)/C(=C(/O)c2cc(C)ccc2C)C1c1ccc(OCc2ccccc2)c(OC)c1. The fraction of sp³-hybridized carbons (Fsp3) is 0.333. The van der Waals surface area contributed by atoms with Crippen LogP contribution in [0.25, 0.3) is 5.76 Å². The molecule has 40 heavy (non-hydrogen) atoms. The van der Waals surface area contributed by atoms with Crippen LogP contribution >= 0.6 is 0 Å². The molecule has 210 valence electrons. The van der Waals surface area contributed by atoms with Crippen LogP contribution in [-0.2, 0) is 16.2 Å². The van der Waals surface area contributed by atoms with Crippen molar-refractivity contribution in [2.45, 2.75) is 40.3 Å². The van der Waals surface area contributed by atoms with Crippen LogP contribution in [-0.4, -0.2) is 59.9 Å². The van der Waals surface area contributed by atoms with Crippen LogP contribution in [0.15, 0.2) is 72.3 Å². The molecule has 3 aromatic rings. The minimum absolute atomic E-state index is 0.0817. The number of nitrogens with zero attached hydrogens (tertiary/aromatic N) is 2. The van der Waals surface area contributed by atoms with Crippen molar-refractivity contribution in [2.75, 3.05) is 33.3 Å². The quantitative estimate of drug-likeness (QED) is 0.192. The molecule has 1 fully saturated rings. The first-order valence-corrected chi connectivity index (χ1v) is 13.7. The molecule has 0 saturated carbocycles. The number of methoxy groups -OCH3 is 1. The van der Waals surface area contributed by atoms with Gasteiger partial charge in [0.25, 0.3) is 11.7 Å². The van der Waals surface area contributed by atoms with Crippen LogP contribution in [0.3, 0.4) is 0 Å². The van der Waals surface area contributed by atoms with Gasteiger partial charge in [-0.2, -0.15) is 0 Å². The van der Waals surface area contributed by atoms with Crippen molar-refractivity contribution in [3.63, 3.8) is 0 Å². The van der Waals surface area contributed by atoms with E-state index in [-0.39, 0.29) is 11.3 Å². The molecular weight excluding hydrogens is 504 g/mol. The van der Waals surface area contributed by atoms with E-state index in [9.17, 15) is 14.7 Å². The Morgan fingerprint density at radius 2 is 1.68 bits per heavy atom. The van der Waals surface area contributed by atoms with Gasteiger partial charge >= 0.3 is 0 Å². The average Bonchev–Trinajstić information content (AvgIpc) is 3.23. The highest BCUT2D eigenvalue weighted by molar-refractivity contribution is 6.46. The Kier molecular flexibility index (Phi) is 9.27. The van der Waals surface area contributed by atoms with E-state index in [1.807, 2.05) is 68.4 Å². The van der Waals surface area contributed by atoms with Crippen LogP contribution in [0.2, 0.25) is 0 Å². The normalized spacial score (nSPS) is 16.6. The number of aryl methyl sites for hydroxylation is 2. The summed E-state index contributed by atoms with van der Waals surface area (Å²) >= 11 is 0. The third-order valence-corrected chi connectivity index (χ3v) is 7.48. The standard InChI is InChI=1S/C33H38N2O5/c1-6-34(7-2)17-18-35-30(29(32(37)33(35)38)31(36)26-19-22(3)13-14-23(26)4)25-15-16-27(28(20-25)39-5)40-21-24-11-9-8-10-12-24/h8-16,19-20,30,36H,6-7,17-18,21H2,1-5H3/b31-29+. The average molecular weight is 543 g/mol.